The molecule has 98 valence electrons. The molecule has 0 radical (unpaired) electrons. The number of hydrogen-bond donors (Lipinski definition) is 1. The SMILES string of the molecule is O=C1C(O)=C2CCCC=C2N1CCc1ccccc1. The molecule has 0 bridgehead atoms. The van der Waals surface area contributed by atoms with Gasteiger partial charge in [0.05, 0.1) is 0 Å². The Morgan fingerprint density at radius 2 is 2.00 bits per heavy atom. The standard InChI is InChI=1S/C16H17NO2/c18-15-13-8-4-5-9-14(13)17(16(15)19)11-10-12-6-2-1-3-7-12/h1-3,6-7,9,18H,4-5,8,10-11H2. The van der Waals surface area contributed by atoms with Gasteiger partial charge in [0.25, 0.3) is 5.91 Å². The van der Waals surface area contributed by atoms with Gasteiger partial charge in [0, 0.05) is 17.8 Å². The Kier molecular flexibility index (Phi) is 3.11. The molecule has 2 aliphatic rings. The van der Waals surface area contributed by atoms with Crippen LogP contribution >= 0.6 is 0 Å². The largest absolute Gasteiger partial charge is 0.503 e. The third-order valence-electron chi connectivity index (χ3n) is 3.77. The first-order valence-corrected chi connectivity index (χ1v) is 6.76. The van der Waals surface area contributed by atoms with Crippen LogP contribution in [-0.2, 0) is 11.2 Å². The Morgan fingerprint density at radius 1 is 1.21 bits per heavy atom. The highest BCUT2D eigenvalue weighted by atomic mass is 16.3. The summed E-state index contributed by atoms with van der Waals surface area (Å²) in [7, 11) is 0. The number of hydrogen-bond acceptors (Lipinski definition) is 2. The molecule has 3 heteroatoms. The zero-order valence-electron chi connectivity index (χ0n) is 10.8. The van der Waals surface area contributed by atoms with Gasteiger partial charge in [-0.2, -0.15) is 0 Å². The molecule has 1 aliphatic heterocycles. The molecule has 3 nitrogen and oxygen atoms in total. The van der Waals surface area contributed by atoms with Crippen LogP contribution in [0.3, 0.4) is 0 Å². The van der Waals surface area contributed by atoms with Crippen LogP contribution in [0.15, 0.2) is 53.4 Å². The number of benzene rings is 1. The molecule has 1 amide bonds. The average molecular weight is 255 g/mol. The van der Waals surface area contributed by atoms with Crippen molar-refractivity contribution < 1.29 is 9.90 Å². The van der Waals surface area contributed by atoms with Crippen LogP contribution in [0.5, 0.6) is 0 Å². The molecule has 1 aromatic rings. The Hall–Kier alpha value is -2.03. The molecule has 0 aromatic heterocycles. The van der Waals surface area contributed by atoms with Crippen molar-refractivity contribution in [3.05, 3.63) is 59.0 Å². The number of carbonyl (C=O) groups excluding carboxylic acids is 1. The minimum absolute atomic E-state index is 0.0426. The number of fused-ring (bicyclic) bond motifs is 1. The molecule has 1 heterocycles. The lowest BCUT2D eigenvalue weighted by Gasteiger charge is -2.21. The summed E-state index contributed by atoms with van der Waals surface area (Å²) in [6.45, 7) is 0.627. The molecular weight excluding hydrogens is 238 g/mol. The van der Waals surface area contributed by atoms with E-state index < -0.39 is 0 Å². The van der Waals surface area contributed by atoms with Crippen LogP contribution < -0.4 is 0 Å². The molecule has 1 N–H and O–H groups in total. The molecule has 3 rings (SSSR count). The number of rotatable bonds is 3. The van der Waals surface area contributed by atoms with E-state index in [-0.39, 0.29) is 11.7 Å². The lowest BCUT2D eigenvalue weighted by atomic mass is 9.99. The van der Waals surface area contributed by atoms with Crippen molar-refractivity contribution in [1.82, 2.24) is 4.90 Å². The fraction of sp³-hybridized carbons (Fsp3) is 0.312. The number of allylic oxidation sites excluding steroid dienone is 2. The van der Waals surface area contributed by atoms with Crippen molar-refractivity contribution in [2.24, 2.45) is 0 Å². The zero-order valence-corrected chi connectivity index (χ0v) is 10.8. The summed E-state index contributed by atoms with van der Waals surface area (Å²) >= 11 is 0. The Bertz CT molecular complexity index is 557. The van der Waals surface area contributed by atoms with E-state index in [0.717, 1.165) is 37.0 Å². The minimum Gasteiger partial charge on any atom is -0.503 e. The molecule has 0 fully saturated rings. The van der Waals surface area contributed by atoms with Gasteiger partial charge in [0.2, 0.25) is 0 Å². The first-order chi connectivity index (χ1) is 9.27. The van der Waals surface area contributed by atoms with Gasteiger partial charge in [-0.25, -0.2) is 0 Å². The lowest BCUT2D eigenvalue weighted by Crippen LogP contribution is -2.28. The van der Waals surface area contributed by atoms with Gasteiger partial charge in [-0.3, -0.25) is 4.79 Å². The Balaban J connectivity index is 1.76. The number of aliphatic hydroxyl groups excluding tert-OH is 1. The molecule has 0 spiro atoms. The van der Waals surface area contributed by atoms with Crippen molar-refractivity contribution in [3.8, 4) is 0 Å². The van der Waals surface area contributed by atoms with Gasteiger partial charge in [0.1, 0.15) is 0 Å². The third-order valence-corrected chi connectivity index (χ3v) is 3.77. The molecule has 0 saturated carbocycles. The van der Waals surface area contributed by atoms with Gasteiger partial charge < -0.3 is 10.0 Å². The van der Waals surface area contributed by atoms with Crippen molar-refractivity contribution in [1.29, 1.82) is 0 Å². The smallest absolute Gasteiger partial charge is 0.293 e. The summed E-state index contributed by atoms with van der Waals surface area (Å²) in [6.07, 6.45) is 5.70. The fourth-order valence-electron chi connectivity index (χ4n) is 2.76. The van der Waals surface area contributed by atoms with Crippen LogP contribution in [0, 0.1) is 0 Å². The van der Waals surface area contributed by atoms with E-state index in [1.165, 1.54) is 5.56 Å². The van der Waals surface area contributed by atoms with E-state index in [2.05, 4.69) is 18.2 Å². The highest BCUT2D eigenvalue weighted by Gasteiger charge is 2.35. The van der Waals surface area contributed by atoms with Crippen LogP contribution in [0.2, 0.25) is 0 Å². The first kappa shape index (κ1) is 12.0. The molecule has 0 atom stereocenters. The average Bonchev–Trinajstić information content (AvgIpc) is 2.71. The molecular formula is C16H17NO2. The quantitative estimate of drug-likeness (QED) is 0.902. The Labute approximate surface area is 112 Å². The summed E-state index contributed by atoms with van der Waals surface area (Å²) in [5.41, 5.74) is 2.98. The first-order valence-electron chi connectivity index (χ1n) is 6.76. The van der Waals surface area contributed by atoms with E-state index in [4.69, 9.17) is 0 Å². The summed E-state index contributed by atoms with van der Waals surface area (Å²) in [5.74, 6) is -0.280. The van der Waals surface area contributed by atoms with E-state index >= 15 is 0 Å². The number of aliphatic hydroxyl groups is 1. The van der Waals surface area contributed by atoms with E-state index in [0.29, 0.717) is 6.54 Å². The van der Waals surface area contributed by atoms with Gasteiger partial charge in [0.15, 0.2) is 5.76 Å². The van der Waals surface area contributed by atoms with Crippen molar-refractivity contribution in [3.63, 3.8) is 0 Å². The third kappa shape index (κ3) is 2.16. The maximum absolute atomic E-state index is 12.1. The van der Waals surface area contributed by atoms with Crippen LogP contribution in [0.1, 0.15) is 24.8 Å². The maximum atomic E-state index is 12.1. The van der Waals surface area contributed by atoms with Crippen molar-refractivity contribution >= 4 is 5.91 Å². The topological polar surface area (TPSA) is 40.5 Å². The second-order valence-corrected chi connectivity index (χ2v) is 5.00. The van der Waals surface area contributed by atoms with E-state index in [1.807, 2.05) is 18.2 Å². The summed E-state index contributed by atoms with van der Waals surface area (Å²) in [6, 6.07) is 10.1. The normalized spacial score (nSPS) is 18.6. The lowest BCUT2D eigenvalue weighted by molar-refractivity contribution is -0.126. The minimum atomic E-state index is -0.237. The predicted octanol–water partition coefficient (Wildman–Crippen LogP) is 2.95. The van der Waals surface area contributed by atoms with Gasteiger partial charge in [-0.15, -0.1) is 0 Å². The molecule has 1 aliphatic carbocycles. The number of nitrogens with zero attached hydrogens (tertiary/aromatic N) is 1. The monoisotopic (exact) mass is 255 g/mol. The number of carbonyl (C=O) groups is 1. The molecule has 19 heavy (non-hydrogen) atoms. The van der Waals surface area contributed by atoms with Crippen molar-refractivity contribution in [2.45, 2.75) is 25.7 Å². The number of amides is 1. The Morgan fingerprint density at radius 3 is 2.79 bits per heavy atom. The van der Waals surface area contributed by atoms with E-state index in [9.17, 15) is 9.90 Å². The van der Waals surface area contributed by atoms with E-state index in [1.54, 1.807) is 4.90 Å². The van der Waals surface area contributed by atoms with Crippen LogP contribution in [-0.4, -0.2) is 22.5 Å². The summed E-state index contributed by atoms with van der Waals surface area (Å²) in [5, 5.41) is 9.91. The van der Waals surface area contributed by atoms with Crippen LogP contribution in [0.25, 0.3) is 0 Å². The molecule has 0 saturated heterocycles. The summed E-state index contributed by atoms with van der Waals surface area (Å²) < 4.78 is 0. The second-order valence-electron chi connectivity index (χ2n) is 5.00. The highest BCUT2D eigenvalue weighted by molar-refractivity contribution is 5.98. The fourth-order valence-corrected chi connectivity index (χ4v) is 2.76. The van der Waals surface area contributed by atoms with Crippen LogP contribution in [0.4, 0.5) is 0 Å². The summed E-state index contributed by atoms with van der Waals surface area (Å²) in [4.78, 5) is 13.8. The highest BCUT2D eigenvalue weighted by Crippen LogP contribution is 2.35. The van der Waals surface area contributed by atoms with Gasteiger partial charge in [-0.05, 0) is 31.2 Å². The van der Waals surface area contributed by atoms with Gasteiger partial charge >= 0.3 is 0 Å². The maximum Gasteiger partial charge on any atom is 0.293 e. The molecule has 1 aromatic carbocycles. The van der Waals surface area contributed by atoms with Crippen molar-refractivity contribution in [2.75, 3.05) is 6.54 Å². The predicted molar refractivity (Wildman–Crippen MR) is 73.4 cm³/mol. The molecule has 0 unspecified atom stereocenters. The second kappa shape index (κ2) is 4.92. The zero-order chi connectivity index (χ0) is 13.2. The van der Waals surface area contributed by atoms with Gasteiger partial charge in [-0.1, -0.05) is 36.4 Å².